The lowest BCUT2D eigenvalue weighted by Gasteiger charge is -2.27. The topological polar surface area (TPSA) is 87.6 Å². The number of para-hydroxylation sites is 1. The van der Waals surface area contributed by atoms with Gasteiger partial charge in [-0.1, -0.05) is 26.0 Å². The van der Waals surface area contributed by atoms with E-state index < -0.39 is 15.4 Å². The first kappa shape index (κ1) is 17.5. The van der Waals surface area contributed by atoms with Gasteiger partial charge in [0.1, 0.15) is 10.7 Å². The van der Waals surface area contributed by atoms with Gasteiger partial charge in [0.25, 0.3) is 10.0 Å². The van der Waals surface area contributed by atoms with E-state index in [-0.39, 0.29) is 16.8 Å². The number of hydrogen-bond donors (Lipinski definition) is 2. The van der Waals surface area contributed by atoms with E-state index in [0.717, 1.165) is 0 Å². The predicted molar refractivity (Wildman–Crippen MR) is 91.0 cm³/mol. The molecule has 1 aromatic rings. The lowest BCUT2D eigenvalue weighted by Crippen LogP contribution is -2.35. The molecule has 0 aromatic heterocycles. The highest BCUT2D eigenvalue weighted by molar-refractivity contribution is 7.90. The molecule has 1 heterocycles. The van der Waals surface area contributed by atoms with Crippen molar-refractivity contribution in [3.05, 3.63) is 24.3 Å². The number of sulfonamides is 1. The van der Waals surface area contributed by atoms with Gasteiger partial charge >= 0.3 is 0 Å². The number of rotatable bonds is 5. The van der Waals surface area contributed by atoms with Crippen LogP contribution in [0.5, 0.6) is 0 Å². The molecule has 0 atom stereocenters. The second kappa shape index (κ2) is 6.31. The fourth-order valence-electron chi connectivity index (χ4n) is 2.57. The molecule has 23 heavy (non-hydrogen) atoms. The predicted octanol–water partition coefficient (Wildman–Crippen LogP) is 2.53. The van der Waals surface area contributed by atoms with Crippen molar-refractivity contribution in [1.82, 2.24) is 5.32 Å². The summed E-state index contributed by atoms with van der Waals surface area (Å²) < 4.78 is 28.3. The summed E-state index contributed by atoms with van der Waals surface area (Å²) in [6.07, 6.45) is 0.666. The Hall–Kier alpha value is -1.89. The fourth-order valence-corrected chi connectivity index (χ4v) is 3.71. The maximum atomic E-state index is 12.2. The van der Waals surface area contributed by atoms with Crippen molar-refractivity contribution < 1.29 is 13.2 Å². The average molecular weight is 337 g/mol. The van der Waals surface area contributed by atoms with Crippen molar-refractivity contribution in [2.45, 2.75) is 51.5 Å². The van der Waals surface area contributed by atoms with Crippen molar-refractivity contribution in [2.24, 2.45) is 9.81 Å². The number of carbonyl (C=O) groups is 1. The molecule has 1 aliphatic heterocycles. The highest BCUT2D eigenvalue weighted by atomic mass is 32.2. The highest BCUT2D eigenvalue weighted by Gasteiger charge is 2.30. The van der Waals surface area contributed by atoms with Crippen molar-refractivity contribution in [3.8, 4) is 0 Å². The zero-order valence-electron chi connectivity index (χ0n) is 13.9. The van der Waals surface area contributed by atoms with E-state index in [9.17, 15) is 13.2 Å². The molecule has 0 unspecified atom stereocenters. The first-order valence-electron chi connectivity index (χ1n) is 7.58. The van der Waals surface area contributed by atoms with Gasteiger partial charge in [0, 0.05) is 18.9 Å². The first-order valence-corrected chi connectivity index (χ1v) is 9.02. The van der Waals surface area contributed by atoms with Gasteiger partial charge in [-0.3, -0.25) is 4.79 Å². The van der Waals surface area contributed by atoms with Crippen LogP contribution in [-0.4, -0.2) is 26.2 Å². The molecule has 2 N–H and O–H groups in total. The highest BCUT2D eigenvalue weighted by Crippen LogP contribution is 2.31. The molecule has 0 saturated heterocycles. The third-order valence-corrected chi connectivity index (χ3v) is 4.78. The van der Waals surface area contributed by atoms with Crippen LogP contribution in [0.15, 0.2) is 33.6 Å². The lowest BCUT2D eigenvalue weighted by molar-refractivity contribution is -0.123. The van der Waals surface area contributed by atoms with Crippen molar-refractivity contribution in [3.63, 3.8) is 0 Å². The number of nitrogens with one attached hydrogen (secondary N) is 2. The van der Waals surface area contributed by atoms with Crippen molar-refractivity contribution >= 4 is 27.5 Å². The average Bonchev–Trinajstić information content (AvgIpc) is 2.35. The van der Waals surface area contributed by atoms with Crippen LogP contribution in [-0.2, 0) is 14.8 Å². The van der Waals surface area contributed by atoms with Crippen LogP contribution in [0.2, 0.25) is 0 Å². The van der Waals surface area contributed by atoms with E-state index in [0.29, 0.717) is 24.4 Å². The number of nitrogens with zero attached hydrogens (tertiary/aromatic N) is 1. The van der Waals surface area contributed by atoms with Crippen LogP contribution in [0.1, 0.15) is 40.5 Å². The van der Waals surface area contributed by atoms with Gasteiger partial charge in [-0.15, -0.1) is 4.40 Å². The quantitative estimate of drug-likeness (QED) is 0.864. The van der Waals surface area contributed by atoms with Crippen LogP contribution in [0.25, 0.3) is 0 Å². The number of fused-ring (bicyclic) bond motifs is 1. The minimum absolute atomic E-state index is 0.0512. The second-order valence-corrected chi connectivity index (χ2v) is 8.45. The zero-order valence-corrected chi connectivity index (χ0v) is 14.7. The van der Waals surface area contributed by atoms with E-state index in [1.807, 2.05) is 27.7 Å². The number of amidine groups is 1. The molecule has 0 radical (unpaired) electrons. The standard InChI is InChI=1S/C16H23N3O3S/c1-11(2)17-15(20)10-16(3,4)9-14-18-12-7-5-6-8-13(12)23(21,22)19-14/h5-8,11H,9-10H2,1-4H3,(H,17,20)(H,18,19). The fraction of sp³-hybridized carbons (Fsp3) is 0.500. The maximum absolute atomic E-state index is 12.2. The SMILES string of the molecule is CC(C)NC(=O)CC(C)(C)CC1=NS(=O)(=O)c2ccccc2N1. The summed E-state index contributed by atoms with van der Waals surface area (Å²) in [7, 11) is -3.69. The van der Waals surface area contributed by atoms with Gasteiger partial charge in [-0.25, -0.2) is 0 Å². The van der Waals surface area contributed by atoms with Crippen molar-refractivity contribution in [2.75, 3.05) is 5.32 Å². The van der Waals surface area contributed by atoms with Gasteiger partial charge in [0.2, 0.25) is 5.91 Å². The first-order chi connectivity index (χ1) is 10.6. The molecular weight excluding hydrogens is 314 g/mol. The van der Waals surface area contributed by atoms with Gasteiger partial charge in [0.15, 0.2) is 0 Å². The molecule has 1 aromatic carbocycles. The Morgan fingerprint density at radius 1 is 1.30 bits per heavy atom. The Kier molecular flexibility index (Phi) is 4.79. The summed E-state index contributed by atoms with van der Waals surface area (Å²) in [6.45, 7) is 7.65. The van der Waals surface area contributed by atoms with E-state index in [1.54, 1.807) is 18.2 Å². The Labute approximate surface area is 137 Å². The molecule has 1 aliphatic rings. The smallest absolute Gasteiger partial charge is 0.286 e. The minimum atomic E-state index is -3.69. The summed E-state index contributed by atoms with van der Waals surface area (Å²) in [5, 5.41) is 5.91. The number of anilines is 1. The molecule has 2 rings (SSSR count). The van der Waals surface area contributed by atoms with Gasteiger partial charge in [0.05, 0.1) is 5.69 Å². The van der Waals surface area contributed by atoms with Gasteiger partial charge in [-0.05, 0) is 31.4 Å². The van der Waals surface area contributed by atoms with Gasteiger partial charge in [-0.2, -0.15) is 8.42 Å². The molecule has 7 heteroatoms. The van der Waals surface area contributed by atoms with E-state index >= 15 is 0 Å². The number of amides is 1. The molecule has 0 fully saturated rings. The number of carbonyl (C=O) groups excluding carboxylic acids is 1. The lowest BCUT2D eigenvalue weighted by atomic mass is 9.84. The van der Waals surface area contributed by atoms with Gasteiger partial charge < -0.3 is 10.6 Å². The Morgan fingerprint density at radius 2 is 1.96 bits per heavy atom. The summed E-state index contributed by atoms with van der Waals surface area (Å²) in [5.74, 6) is 0.315. The Morgan fingerprint density at radius 3 is 2.61 bits per heavy atom. The molecule has 1 amide bonds. The molecule has 0 spiro atoms. The van der Waals surface area contributed by atoms with E-state index in [2.05, 4.69) is 15.0 Å². The van der Waals surface area contributed by atoms with Crippen LogP contribution < -0.4 is 10.6 Å². The molecular formula is C16H23N3O3S. The Balaban J connectivity index is 2.15. The summed E-state index contributed by atoms with van der Waals surface area (Å²) >= 11 is 0. The number of benzene rings is 1. The minimum Gasteiger partial charge on any atom is -0.354 e. The third kappa shape index (κ3) is 4.54. The molecule has 0 saturated carbocycles. The molecule has 0 aliphatic carbocycles. The second-order valence-electron chi connectivity index (χ2n) is 6.87. The van der Waals surface area contributed by atoms with Crippen LogP contribution in [0.3, 0.4) is 0 Å². The zero-order chi connectivity index (χ0) is 17.3. The normalized spacial score (nSPS) is 16.3. The largest absolute Gasteiger partial charge is 0.354 e. The monoisotopic (exact) mass is 337 g/mol. The molecule has 126 valence electrons. The van der Waals surface area contributed by atoms with Crippen LogP contribution in [0.4, 0.5) is 5.69 Å². The van der Waals surface area contributed by atoms with Crippen LogP contribution in [0, 0.1) is 5.41 Å². The Bertz CT molecular complexity index is 737. The van der Waals surface area contributed by atoms with E-state index in [4.69, 9.17) is 0 Å². The van der Waals surface area contributed by atoms with Crippen LogP contribution >= 0.6 is 0 Å². The van der Waals surface area contributed by atoms with Crippen molar-refractivity contribution in [1.29, 1.82) is 0 Å². The molecule has 0 bridgehead atoms. The summed E-state index contributed by atoms with van der Waals surface area (Å²) in [6, 6.07) is 6.75. The summed E-state index contributed by atoms with van der Waals surface area (Å²) in [4.78, 5) is 12.1. The molecule has 6 nitrogen and oxygen atoms in total. The maximum Gasteiger partial charge on any atom is 0.286 e. The third-order valence-electron chi connectivity index (χ3n) is 3.41. The summed E-state index contributed by atoms with van der Waals surface area (Å²) in [5.41, 5.74) is 0.118. The number of hydrogen-bond acceptors (Lipinski definition) is 4. The van der Waals surface area contributed by atoms with E-state index in [1.165, 1.54) is 6.07 Å².